The maximum atomic E-state index is 13.3. The summed E-state index contributed by atoms with van der Waals surface area (Å²) in [5.41, 5.74) is 3.16. The zero-order valence-corrected chi connectivity index (χ0v) is 16.9. The Labute approximate surface area is 178 Å². The number of nitrogens with zero attached hydrogens (tertiary/aromatic N) is 4. The average molecular weight is 411 g/mol. The molecular formula is C24H21N5O2. The van der Waals surface area contributed by atoms with Gasteiger partial charge in [-0.25, -0.2) is 4.98 Å². The molecule has 1 aromatic carbocycles. The highest BCUT2D eigenvalue weighted by Gasteiger charge is 2.37. The minimum atomic E-state index is -0.0102. The van der Waals surface area contributed by atoms with Gasteiger partial charge in [0.15, 0.2) is 0 Å². The number of benzene rings is 1. The van der Waals surface area contributed by atoms with Gasteiger partial charge in [-0.2, -0.15) is 0 Å². The standard InChI is InChI=1S/C24H21N5O2/c30-23(17-3-5-20-16(11-17)2-1-7-25-20)28-12-15-10-18(14-28)21-6-4-19(22-26-8-9-27-22)24(31)29(21)13-15/h1-9,11,15,18H,10,12-14H2,(H,26,27)/t15-,18+/m0/s1. The van der Waals surface area contributed by atoms with Crippen LogP contribution in [0.5, 0.6) is 0 Å². The number of fused-ring (bicyclic) bond motifs is 5. The Morgan fingerprint density at radius 2 is 1.97 bits per heavy atom. The van der Waals surface area contributed by atoms with Crippen LogP contribution in [0.3, 0.4) is 0 Å². The molecule has 2 aliphatic heterocycles. The summed E-state index contributed by atoms with van der Waals surface area (Å²) in [5.74, 6) is 1.07. The summed E-state index contributed by atoms with van der Waals surface area (Å²) < 4.78 is 1.89. The summed E-state index contributed by atoms with van der Waals surface area (Å²) in [6, 6.07) is 13.4. The van der Waals surface area contributed by atoms with Gasteiger partial charge in [0.2, 0.25) is 0 Å². The number of piperidine rings is 1. The highest BCUT2D eigenvalue weighted by atomic mass is 16.2. The Kier molecular flexibility index (Phi) is 4.02. The van der Waals surface area contributed by atoms with Gasteiger partial charge >= 0.3 is 0 Å². The zero-order valence-electron chi connectivity index (χ0n) is 16.9. The van der Waals surface area contributed by atoms with Gasteiger partial charge in [-0.15, -0.1) is 0 Å². The number of imidazole rings is 1. The van der Waals surface area contributed by atoms with E-state index in [1.165, 1.54) is 0 Å². The number of nitrogens with one attached hydrogen (secondary N) is 1. The third kappa shape index (κ3) is 2.96. The largest absolute Gasteiger partial charge is 0.344 e. The van der Waals surface area contributed by atoms with E-state index >= 15 is 0 Å². The highest BCUT2D eigenvalue weighted by Crippen LogP contribution is 2.36. The Bertz CT molecular complexity index is 1360. The average Bonchev–Trinajstić information content (AvgIpc) is 3.33. The lowest BCUT2D eigenvalue weighted by Gasteiger charge is -2.43. The summed E-state index contributed by atoms with van der Waals surface area (Å²) in [5, 5.41) is 0.966. The van der Waals surface area contributed by atoms with Crippen molar-refractivity contribution >= 4 is 16.8 Å². The number of hydrogen-bond acceptors (Lipinski definition) is 4. The molecule has 4 aromatic rings. The number of H-pyrrole nitrogens is 1. The molecule has 0 spiro atoms. The molecule has 2 atom stereocenters. The second-order valence-electron chi connectivity index (χ2n) is 8.45. The van der Waals surface area contributed by atoms with Crippen molar-refractivity contribution in [2.24, 2.45) is 5.92 Å². The fourth-order valence-corrected chi connectivity index (χ4v) is 5.10. The first kappa shape index (κ1) is 18.1. The fraction of sp³-hybridized carbons (Fsp3) is 0.250. The van der Waals surface area contributed by atoms with Crippen LogP contribution >= 0.6 is 0 Å². The molecule has 5 heterocycles. The number of rotatable bonds is 2. The topological polar surface area (TPSA) is 83.9 Å². The van der Waals surface area contributed by atoms with Gasteiger partial charge in [0.1, 0.15) is 5.82 Å². The van der Waals surface area contributed by atoms with Crippen LogP contribution in [-0.4, -0.2) is 43.4 Å². The Balaban J connectivity index is 1.31. The predicted octanol–water partition coefficient (Wildman–Crippen LogP) is 3.05. The van der Waals surface area contributed by atoms with Gasteiger partial charge in [-0.1, -0.05) is 6.07 Å². The van der Waals surface area contributed by atoms with E-state index in [0.717, 1.165) is 23.0 Å². The summed E-state index contributed by atoms with van der Waals surface area (Å²) >= 11 is 0. The zero-order chi connectivity index (χ0) is 20.9. The molecule has 0 aliphatic carbocycles. The lowest BCUT2D eigenvalue weighted by atomic mass is 9.82. The van der Waals surface area contributed by atoms with Gasteiger partial charge < -0.3 is 14.5 Å². The third-order valence-electron chi connectivity index (χ3n) is 6.49. The number of aromatic nitrogens is 4. The predicted molar refractivity (Wildman–Crippen MR) is 117 cm³/mol. The smallest absolute Gasteiger partial charge is 0.261 e. The molecular weight excluding hydrogens is 390 g/mol. The molecule has 0 unspecified atom stereocenters. The van der Waals surface area contributed by atoms with Gasteiger partial charge in [0, 0.05) is 60.8 Å². The Morgan fingerprint density at radius 1 is 1.03 bits per heavy atom. The van der Waals surface area contributed by atoms with E-state index in [4.69, 9.17) is 0 Å². The molecule has 1 saturated heterocycles. The van der Waals surface area contributed by atoms with Crippen molar-refractivity contribution in [1.29, 1.82) is 0 Å². The molecule has 2 aliphatic rings. The minimum absolute atomic E-state index is 0.0102. The van der Waals surface area contributed by atoms with E-state index in [0.29, 0.717) is 36.6 Å². The summed E-state index contributed by atoms with van der Waals surface area (Å²) in [7, 11) is 0. The lowest BCUT2D eigenvalue weighted by molar-refractivity contribution is 0.0595. The number of carbonyl (C=O) groups is 1. The number of hydrogen-bond donors (Lipinski definition) is 1. The van der Waals surface area contributed by atoms with Crippen LogP contribution in [0.25, 0.3) is 22.3 Å². The van der Waals surface area contributed by atoms with Gasteiger partial charge in [0.05, 0.1) is 11.1 Å². The number of carbonyl (C=O) groups excluding carboxylic acids is 1. The second-order valence-corrected chi connectivity index (χ2v) is 8.45. The first-order valence-corrected chi connectivity index (χ1v) is 10.5. The van der Waals surface area contributed by atoms with E-state index in [1.807, 2.05) is 51.9 Å². The number of aromatic amines is 1. The maximum absolute atomic E-state index is 13.3. The van der Waals surface area contributed by atoms with Crippen LogP contribution in [0, 0.1) is 5.92 Å². The quantitative estimate of drug-likeness (QED) is 0.550. The van der Waals surface area contributed by atoms with Crippen LogP contribution in [0.2, 0.25) is 0 Å². The number of likely N-dealkylation sites (tertiary alicyclic amines) is 1. The summed E-state index contributed by atoms with van der Waals surface area (Å²) in [6.45, 7) is 1.92. The van der Waals surface area contributed by atoms with E-state index in [2.05, 4.69) is 15.0 Å². The van der Waals surface area contributed by atoms with Crippen molar-refractivity contribution in [2.75, 3.05) is 13.1 Å². The molecule has 3 aromatic heterocycles. The van der Waals surface area contributed by atoms with E-state index in [9.17, 15) is 9.59 Å². The van der Waals surface area contributed by atoms with Crippen molar-refractivity contribution in [2.45, 2.75) is 18.9 Å². The van der Waals surface area contributed by atoms with Gasteiger partial charge in [-0.05, 0) is 48.7 Å². The van der Waals surface area contributed by atoms with Crippen LogP contribution in [0.15, 0.2) is 65.8 Å². The van der Waals surface area contributed by atoms with Crippen molar-refractivity contribution in [3.8, 4) is 11.4 Å². The molecule has 1 fully saturated rings. The lowest BCUT2D eigenvalue weighted by Crippen LogP contribution is -2.49. The Morgan fingerprint density at radius 3 is 2.84 bits per heavy atom. The van der Waals surface area contributed by atoms with Crippen molar-refractivity contribution in [3.05, 3.63) is 82.7 Å². The second kappa shape index (κ2) is 6.91. The number of pyridine rings is 2. The molecule has 7 nitrogen and oxygen atoms in total. The first-order valence-electron chi connectivity index (χ1n) is 10.5. The molecule has 0 radical (unpaired) electrons. The van der Waals surface area contributed by atoms with Crippen molar-refractivity contribution in [3.63, 3.8) is 0 Å². The van der Waals surface area contributed by atoms with E-state index < -0.39 is 0 Å². The van der Waals surface area contributed by atoms with E-state index in [1.54, 1.807) is 18.6 Å². The Hall–Kier alpha value is -3.74. The van der Waals surface area contributed by atoms with Crippen LogP contribution in [-0.2, 0) is 6.54 Å². The van der Waals surface area contributed by atoms with Crippen molar-refractivity contribution in [1.82, 2.24) is 24.4 Å². The molecule has 0 saturated carbocycles. The third-order valence-corrected chi connectivity index (χ3v) is 6.49. The highest BCUT2D eigenvalue weighted by molar-refractivity contribution is 5.98. The van der Waals surface area contributed by atoms with E-state index in [-0.39, 0.29) is 23.3 Å². The minimum Gasteiger partial charge on any atom is -0.344 e. The van der Waals surface area contributed by atoms with Crippen molar-refractivity contribution < 1.29 is 4.79 Å². The van der Waals surface area contributed by atoms with Crippen LogP contribution in [0.4, 0.5) is 0 Å². The molecule has 1 N–H and O–H groups in total. The van der Waals surface area contributed by atoms with Crippen LogP contribution in [0.1, 0.15) is 28.4 Å². The number of amides is 1. The molecule has 31 heavy (non-hydrogen) atoms. The van der Waals surface area contributed by atoms with Crippen LogP contribution < -0.4 is 5.56 Å². The SMILES string of the molecule is O=C(c1ccc2ncccc2c1)N1C[C@@H]2C[C@H](C1)c1ccc(-c3ncc[nH]3)c(=O)n1C2. The van der Waals surface area contributed by atoms with Gasteiger partial charge in [-0.3, -0.25) is 14.6 Å². The molecule has 1 amide bonds. The fourth-order valence-electron chi connectivity index (χ4n) is 5.10. The molecule has 6 rings (SSSR count). The molecule has 2 bridgehead atoms. The first-order chi connectivity index (χ1) is 15.2. The normalized spacial score (nSPS) is 19.9. The summed E-state index contributed by atoms with van der Waals surface area (Å²) in [4.78, 5) is 39.9. The monoisotopic (exact) mass is 411 g/mol. The molecule has 154 valence electrons. The van der Waals surface area contributed by atoms with Gasteiger partial charge in [0.25, 0.3) is 11.5 Å². The maximum Gasteiger partial charge on any atom is 0.261 e. The molecule has 7 heteroatoms. The summed E-state index contributed by atoms with van der Waals surface area (Å²) in [6.07, 6.45) is 6.14.